The van der Waals surface area contributed by atoms with E-state index < -0.39 is 0 Å². The van der Waals surface area contributed by atoms with Gasteiger partial charge in [-0.3, -0.25) is 4.90 Å². The minimum absolute atomic E-state index is 0.335. The maximum absolute atomic E-state index is 9.46. The standard InChI is InChI=1S/C15H19ClN2/c1-15(12-17,18-9-2-3-10-18)8-7-13-5-4-6-14(16)11-13/h4-6,11H,2-3,7-10H2,1H3. The average Bonchev–Trinajstić information content (AvgIpc) is 2.90. The highest BCUT2D eigenvalue weighted by atomic mass is 35.5. The molecule has 0 N–H and O–H groups in total. The van der Waals surface area contributed by atoms with Gasteiger partial charge in [0.05, 0.1) is 6.07 Å². The fourth-order valence-electron chi connectivity index (χ4n) is 2.58. The largest absolute Gasteiger partial charge is 0.286 e. The summed E-state index contributed by atoms with van der Waals surface area (Å²) in [4.78, 5) is 2.32. The molecule has 96 valence electrons. The molecule has 0 radical (unpaired) electrons. The van der Waals surface area contributed by atoms with Crippen molar-refractivity contribution < 1.29 is 0 Å². The van der Waals surface area contributed by atoms with Gasteiger partial charge in [0.2, 0.25) is 0 Å². The Labute approximate surface area is 114 Å². The van der Waals surface area contributed by atoms with Gasteiger partial charge >= 0.3 is 0 Å². The molecule has 0 bridgehead atoms. The number of benzene rings is 1. The van der Waals surface area contributed by atoms with Crippen LogP contribution in [0, 0.1) is 11.3 Å². The van der Waals surface area contributed by atoms with E-state index in [1.807, 2.05) is 18.2 Å². The van der Waals surface area contributed by atoms with E-state index in [2.05, 4.69) is 24.0 Å². The van der Waals surface area contributed by atoms with E-state index in [9.17, 15) is 5.26 Å². The highest BCUT2D eigenvalue weighted by molar-refractivity contribution is 6.30. The smallest absolute Gasteiger partial charge is 0.106 e. The number of likely N-dealkylation sites (tertiary alicyclic amines) is 1. The number of hydrogen-bond donors (Lipinski definition) is 0. The molecule has 1 unspecified atom stereocenters. The monoisotopic (exact) mass is 262 g/mol. The summed E-state index contributed by atoms with van der Waals surface area (Å²) >= 11 is 5.98. The van der Waals surface area contributed by atoms with Gasteiger partial charge in [-0.15, -0.1) is 0 Å². The lowest BCUT2D eigenvalue weighted by Crippen LogP contribution is -2.43. The fourth-order valence-corrected chi connectivity index (χ4v) is 2.79. The van der Waals surface area contributed by atoms with Crippen molar-refractivity contribution >= 4 is 11.6 Å². The first-order chi connectivity index (χ1) is 8.64. The summed E-state index contributed by atoms with van der Waals surface area (Å²) in [6.07, 6.45) is 4.20. The Morgan fingerprint density at radius 3 is 2.72 bits per heavy atom. The molecular weight excluding hydrogens is 244 g/mol. The van der Waals surface area contributed by atoms with Crippen molar-refractivity contribution in [1.29, 1.82) is 5.26 Å². The van der Waals surface area contributed by atoms with Crippen molar-refractivity contribution in [2.45, 2.75) is 38.1 Å². The van der Waals surface area contributed by atoms with Crippen LogP contribution in [-0.2, 0) is 6.42 Å². The van der Waals surface area contributed by atoms with Crippen LogP contribution in [0.3, 0.4) is 0 Å². The van der Waals surface area contributed by atoms with Crippen LogP contribution >= 0.6 is 11.6 Å². The molecule has 1 aliphatic heterocycles. The Balaban J connectivity index is 2.01. The summed E-state index contributed by atoms with van der Waals surface area (Å²) in [5, 5.41) is 10.2. The van der Waals surface area contributed by atoms with Crippen LogP contribution in [0.5, 0.6) is 0 Å². The molecule has 2 rings (SSSR count). The van der Waals surface area contributed by atoms with Gasteiger partial charge in [0.15, 0.2) is 0 Å². The average molecular weight is 263 g/mol. The SMILES string of the molecule is CC(C#N)(CCc1cccc(Cl)c1)N1CCCC1. The molecule has 0 aliphatic carbocycles. The molecule has 0 spiro atoms. The summed E-state index contributed by atoms with van der Waals surface area (Å²) in [5.41, 5.74) is 0.877. The molecule has 1 fully saturated rings. The molecule has 0 amide bonds. The van der Waals surface area contributed by atoms with E-state index in [1.165, 1.54) is 18.4 Å². The van der Waals surface area contributed by atoms with E-state index in [0.717, 1.165) is 31.0 Å². The molecule has 1 aliphatic rings. The second-order valence-corrected chi connectivity index (χ2v) is 5.65. The van der Waals surface area contributed by atoms with Crippen LogP contribution in [0.4, 0.5) is 0 Å². The zero-order chi connectivity index (χ0) is 13.0. The molecule has 3 heteroatoms. The van der Waals surface area contributed by atoms with Crippen molar-refractivity contribution in [2.75, 3.05) is 13.1 Å². The number of rotatable bonds is 4. The molecule has 0 aromatic heterocycles. The predicted molar refractivity (Wildman–Crippen MR) is 74.6 cm³/mol. The summed E-state index contributed by atoms with van der Waals surface area (Å²) in [7, 11) is 0. The predicted octanol–water partition coefficient (Wildman–Crippen LogP) is 3.65. The zero-order valence-electron chi connectivity index (χ0n) is 10.8. The minimum atomic E-state index is -0.335. The van der Waals surface area contributed by atoms with Crippen LogP contribution in [0.2, 0.25) is 5.02 Å². The highest BCUT2D eigenvalue weighted by Crippen LogP contribution is 2.26. The number of nitriles is 1. The van der Waals surface area contributed by atoms with Crippen molar-refractivity contribution in [1.82, 2.24) is 4.90 Å². The third kappa shape index (κ3) is 3.04. The van der Waals surface area contributed by atoms with Gasteiger partial charge < -0.3 is 0 Å². The third-order valence-electron chi connectivity index (χ3n) is 3.83. The topological polar surface area (TPSA) is 27.0 Å². The number of nitrogens with zero attached hydrogens (tertiary/aromatic N) is 2. The first-order valence-electron chi connectivity index (χ1n) is 6.55. The van der Waals surface area contributed by atoms with Gasteiger partial charge in [0, 0.05) is 5.02 Å². The number of halogens is 1. The lowest BCUT2D eigenvalue weighted by Gasteiger charge is -2.32. The molecule has 0 saturated carbocycles. The second-order valence-electron chi connectivity index (χ2n) is 5.21. The Kier molecular flexibility index (Phi) is 4.27. The lowest BCUT2D eigenvalue weighted by molar-refractivity contribution is 0.181. The van der Waals surface area contributed by atoms with Crippen molar-refractivity contribution in [3.05, 3.63) is 34.9 Å². The van der Waals surface area contributed by atoms with Gasteiger partial charge in [0.1, 0.15) is 5.54 Å². The Morgan fingerprint density at radius 1 is 1.39 bits per heavy atom. The van der Waals surface area contributed by atoms with Crippen molar-refractivity contribution in [3.8, 4) is 6.07 Å². The van der Waals surface area contributed by atoms with Crippen LogP contribution < -0.4 is 0 Å². The van der Waals surface area contributed by atoms with E-state index in [0.29, 0.717) is 0 Å². The van der Waals surface area contributed by atoms with Crippen molar-refractivity contribution in [2.24, 2.45) is 0 Å². The number of hydrogen-bond acceptors (Lipinski definition) is 2. The lowest BCUT2D eigenvalue weighted by atomic mass is 9.93. The van der Waals surface area contributed by atoms with E-state index in [4.69, 9.17) is 11.6 Å². The first-order valence-corrected chi connectivity index (χ1v) is 6.93. The zero-order valence-corrected chi connectivity index (χ0v) is 11.6. The second kappa shape index (κ2) is 5.73. The quantitative estimate of drug-likeness (QED) is 0.828. The summed E-state index contributed by atoms with van der Waals surface area (Å²) in [6, 6.07) is 10.4. The first kappa shape index (κ1) is 13.4. The van der Waals surface area contributed by atoms with Crippen LogP contribution in [0.1, 0.15) is 31.7 Å². The van der Waals surface area contributed by atoms with E-state index in [1.54, 1.807) is 0 Å². The maximum Gasteiger partial charge on any atom is 0.106 e. The molecule has 18 heavy (non-hydrogen) atoms. The van der Waals surface area contributed by atoms with Gasteiger partial charge in [-0.05, 0) is 63.4 Å². The van der Waals surface area contributed by atoms with Crippen LogP contribution in [0.25, 0.3) is 0 Å². The summed E-state index contributed by atoms with van der Waals surface area (Å²) in [5.74, 6) is 0. The molecule has 1 aromatic rings. The van der Waals surface area contributed by atoms with Crippen LogP contribution in [0.15, 0.2) is 24.3 Å². The molecule has 1 heterocycles. The molecule has 1 saturated heterocycles. The van der Waals surface area contributed by atoms with Crippen molar-refractivity contribution in [3.63, 3.8) is 0 Å². The Bertz CT molecular complexity index is 446. The summed E-state index contributed by atoms with van der Waals surface area (Å²) < 4.78 is 0. The minimum Gasteiger partial charge on any atom is -0.286 e. The molecular formula is C15H19ClN2. The van der Waals surface area contributed by atoms with Gasteiger partial charge in [-0.2, -0.15) is 5.26 Å². The number of aryl methyl sites for hydroxylation is 1. The molecule has 2 nitrogen and oxygen atoms in total. The normalized spacial score (nSPS) is 19.4. The van der Waals surface area contributed by atoms with E-state index in [-0.39, 0.29) is 5.54 Å². The third-order valence-corrected chi connectivity index (χ3v) is 4.07. The summed E-state index contributed by atoms with van der Waals surface area (Å²) in [6.45, 7) is 4.17. The maximum atomic E-state index is 9.46. The molecule has 1 atom stereocenters. The van der Waals surface area contributed by atoms with Gasteiger partial charge in [-0.1, -0.05) is 23.7 Å². The Hall–Kier alpha value is -1.04. The fraction of sp³-hybridized carbons (Fsp3) is 0.533. The highest BCUT2D eigenvalue weighted by Gasteiger charge is 2.33. The van der Waals surface area contributed by atoms with Gasteiger partial charge in [-0.25, -0.2) is 0 Å². The van der Waals surface area contributed by atoms with Gasteiger partial charge in [0.25, 0.3) is 0 Å². The van der Waals surface area contributed by atoms with E-state index >= 15 is 0 Å². The Morgan fingerprint density at radius 2 is 2.11 bits per heavy atom. The molecule has 1 aromatic carbocycles. The van der Waals surface area contributed by atoms with Crippen LogP contribution in [-0.4, -0.2) is 23.5 Å².